The normalized spacial score (nSPS) is 17.9. The number of halogens is 1. The predicted molar refractivity (Wildman–Crippen MR) is 68.5 cm³/mol. The van der Waals surface area contributed by atoms with Gasteiger partial charge >= 0.3 is 0 Å². The summed E-state index contributed by atoms with van der Waals surface area (Å²) in [6, 6.07) is 6.66. The largest absolute Gasteiger partial charge is 0.342 e. The van der Waals surface area contributed by atoms with E-state index in [0.717, 1.165) is 31.7 Å². The van der Waals surface area contributed by atoms with Crippen molar-refractivity contribution >= 4 is 5.91 Å². The Hall–Kier alpha value is -1.42. The second-order valence-electron chi connectivity index (χ2n) is 4.63. The van der Waals surface area contributed by atoms with E-state index in [2.05, 4.69) is 4.90 Å². The molecule has 3 nitrogen and oxygen atoms in total. The molecule has 0 radical (unpaired) electrons. The molecule has 1 aliphatic rings. The topological polar surface area (TPSA) is 23.6 Å². The van der Waals surface area contributed by atoms with Gasteiger partial charge in [0.05, 0.1) is 0 Å². The molecule has 1 amide bonds. The molecule has 1 aliphatic heterocycles. The maximum Gasteiger partial charge on any atom is 0.223 e. The maximum atomic E-state index is 13.1. The zero-order valence-electron chi connectivity index (χ0n) is 10.7. The number of carbonyl (C=O) groups excluding carboxylic acids is 1. The van der Waals surface area contributed by atoms with Crippen molar-refractivity contribution in [3.05, 3.63) is 35.6 Å². The zero-order valence-corrected chi connectivity index (χ0v) is 10.7. The molecule has 1 aromatic carbocycles. The molecule has 0 bridgehead atoms. The van der Waals surface area contributed by atoms with Gasteiger partial charge in [-0.3, -0.25) is 9.69 Å². The van der Waals surface area contributed by atoms with E-state index in [1.54, 1.807) is 12.1 Å². The fraction of sp³-hybridized carbons (Fsp3) is 0.500. The average molecular weight is 250 g/mol. The lowest BCUT2D eigenvalue weighted by Crippen LogP contribution is -2.32. The molecule has 1 heterocycles. The van der Waals surface area contributed by atoms with E-state index in [1.165, 1.54) is 6.07 Å². The predicted octanol–water partition coefficient (Wildman–Crippen LogP) is 1.88. The Balaban J connectivity index is 1.96. The number of likely N-dealkylation sites (N-methyl/N-ethyl adjacent to an activating group) is 1. The third kappa shape index (κ3) is 3.29. The van der Waals surface area contributed by atoms with Crippen LogP contribution in [-0.4, -0.2) is 41.9 Å². The lowest BCUT2D eigenvalue weighted by Gasteiger charge is -2.21. The minimum absolute atomic E-state index is 0.200. The average Bonchev–Trinajstić information content (AvgIpc) is 2.52. The van der Waals surface area contributed by atoms with Gasteiger partial charge in [0.25, 0.3) is 0 Å². The maximum absolute atomic E-state index is 13.1. The van der Waals surface area contributed by atoms with Crippen molar-refractivity contribution in [2.75, 3.05) is 26.2 Å². The van der Waals surface area contributed by atoms with Crippen molar-refractivity contribution < 1.29 is 9.18 Å². The molecule has 0 unspecified atom stereocenters. The first-order chi connectivity index (χ1) is 8.69. The summed E-state index contributed by atoms with van der Waals surface area (Å²) < 4.78 is 13.1. The Labute approximate surface area is 107 Å². The molecule has 0 spiro atoms. The number of hydrogen-bond donors (Lipinski definition) is 0. The minimum Gasteiger partial charge on any atom is -0.342 e. The molecule has 4 heteroatoms. The fourth-order valence-electron chi connectivity index (χ4n) is 2.30. The van der Waals surface area contributed by atoms with Gasteiger partial charge in [-0.05, 0) is 24.6 Å². The summed E-state index contributed by atoms with van der Waals surface area (Å²) in [4.78, 5) is 15.8. The van der Waals surface area contributed by atoms with E-state index >= 15 is 0 Å². The molecular formula is C14H19FN2O. The number of benzene rings is 1. The van der Waals surface area contributed by atoms with Crippen molar-refractivity contribution in [2.24, 2.45) is 0 Å². The monoisotopic (exact) mass is 250 g/mol. The van der Waals surface area contributed by atoms with Gasteiger partial charge in [-0.1, -0.05) is 12.1 Å². The highest BCUT2D eigenvalue weighted by Gasteiger charge is 2.19. The molecule has 2 rings (SSSR count). The van der Waals surface area contributed by atoms with E-state index in [1.807, 2.05) is 17.9 Å². The second kappa shape index (κ2) is 5.96. The van der Waals surface area contributed by atoms with Crippen molar-refractivity contribution in [3.63, 3.8) is 0 Å². The van der Waals surface area contributed by atoms with Gasteiger partial charge in [0.2, 0.25) is 5.91 Å². The summed E-state index contributed by atoms with van der Waals surface area (Å²) in [7, 11) is 0. The van der Waals surface area contributed by atoms with E-state index in [-0.39, 0.29) is 11.7 Å². The van der Waals surface area contributed by atoms with Crippen LogP contribution in [-0.2, 0) is 11.3 Å². The van der Waals surface area contributed by atoms with Crippen LogP contribution in [0.25, 0.3) is 0 Å². The lowest BCUT2D eigenvalue weighted by molar-refractivity contribution is -0.130. The van der Waals surface area contributed by atoms with Crippen LogP contribution in [0, 0.1) is 5.82 Å². The van der Waals surface area contributed by atoms with Crippen LogP contribution >= 0.6 is 0 Å². The number of carbonyl (C=O) groups is 1. The Morgan fingerprint density at radius 2 is 2.11 bits per heavy atom. The number of nitrogens with zero attached hydrogens (tertiary/aromatic N) is 2. The van der Waals surface area contributed by atoms with Crippen molar-refractivity contribution in [3.8, 4) is 0 Å². The molecule has 98 valence electrons. The van der Waals surface area contributed by atoms with Crippen LogP contribution < -0.4 is 0 Å². The number of amides is 1. The van der Waals surface area contributed by atoms with Gasteiger partial charge in [0.15, 0.2) is 0 Å². The number of hydrogen-bond acceptors (Lipinski definition) is 2. The molecule has 0 aliphatic carbocycles. The van der Waals surface area contributed by atoms with E-state index in [4.69, 9.17) is 0 Å². The summed E-state index contributed by atoms with van der Waals surface area (Å²) in [6.45, 7) is 5.86. The Morgan fingerprint density at radius 3 is 2.83 bits per heavy atom. The molecule has 1 saturated heterocycles. The van der Waals surface area contributed by atoms with Crippen LogP contribution in [0.2, 0.25) is 0 Å². The Kier molecular flexibility index (Phi) is 4.31. The van der Waals surface area contributed by atoms with Crippen LogP contribution in [0.3, 0.4) is 0 Å². The zero-order chi connectivity index (χ0) is 13.0. The highest BCUT2D eigenvalue weighted by atomic mass is 19.1. The molecule has 1 aromatic rings. The van der Waals surface area contributed by atoms with Crippen LogP contribution in [0.4, 0.5) is 4.39 Å². The molecule has 1 fully saturated rings. The van der Waals surface area contributed by atoms with E-state index in [0.29, 0.717) is 13.0 Å². The van der Waals surface area contributed by atoms with Crippen LogP contribution in [0.5, 0.6) is 0 Å². The van der Waals surface area contributed by atoms with Gasteiger partial charge in [0, 0.05) is 39.1 Å². The van der Waals surface area contributed by atoms with Crippen LogP contribution in [0.15, 0.2) is 24.3 Å². The molecule has 0 atom stereocenters. The van der Waals surface area contributed by atoms with Crippen molar-refractivity contribution in [1.29, 1.82) is 0 Å². The third-order valence-electron chi connectivity index (χ3n) is 3.36. The molecule has 0 saturated carbocycles. The first-order valence-electron chi connectivity index (χ1n) is 6.43. The van der Waals surface area contributed by atoms with Crippen LogP contribution in [0.1, 0.15) is 18.9 Å². The minimum atomic E-state index is -0.200. The number of rotatable bonds is 3. The lowest BCUT2D eigenvalue weighted by atomic mass is 10.2. The van der Waals surface area contributed by atoms with E-state index in [9.17, 15) is 9.18 Å². The van der Waals surface area contributed by atoms with Gasteiger partial charge in [-0.25, -0.2) is 4.39 Å². The summed E-state index contributed by atoms with van der Waals surface area (Å²) in [5, 5.41) is 0. The van der Waals surface area contributed by atoms with Gasteiger partial charge in [-0.15, -0.1) is 0 Å². The molecule has 18 heavy (non-hydrogen) atoms. The standard InChI is InChI=1S/C14H19FN2O/c1-2-17-9-8-16(7-6-14(17)18)11-12-4-3-5-13(15)10-12/h3-5,10H,2,6-9,11H2,1H3. The molecule has 0 aromatic heterocycles. The third-order valence-corrected chi connectivity index (χ3v) is 3.36. The first-order valence-corrected chi connectivity index (χ1v) is 6.43. The van der Waals surface area contributed by atoms with Gasteiger partial charge in [0.1, 0.15) is 5.82 Å². The van der Waals surface area contributed by atoms with Crippen molar-refractivity contribution in [2.45, 2.75) is 19.9 Å². The SMILES string of the molecule is CCN1CCN(Cc2cccc(F)c2)CCC1=O. The summed E-state index contributed by atoms with van der Waals surface area (Å²) in [5.41, 5.74) is 0.965. The highest BCUT2D eigenvalue weighted by molar-refractivity contribution is 5.76. The fourth-order valence-corrected chi connectivity index (χ4v) is 2.30. The molecular weight excluding hydrogens is 231 g/mol. The van der Waals surface area contributed by atoms with Gasteiger partial charge in [-0.2, -0.15) is 0 Å². The molecule has 0 N–H and O–H groups in total. The van der Waals surface area contributed by atoms with E-state index < -0.39 is 0 Å². The summed E-state index contributed by atoms with van der Waals surface area (Å²) in [5.74, 6) is 0.0211. The Morgan fingerprint density at radius 1 is 1.28 bits per heavy atom. The van der Waals surface area contributed by atoms with Crippen molar-refractivity contribution in [1.82, 2.24) is 9.80 Å². The Bertz CT molecular complexity index is 422. The quantitative estimate of drug-likeness (QED) is 0.817. The highest BCUT2D eigenvalue weighted by Crippen LogP contribution is 2.10. The summed E-state index contributed by atoms with van der Waals surface area (Å²) in [6.07, 6.45) is 0.559. The summed E-state index contributed by atoms with van der Waals surface area (Å²) >= 11 is 0. The smallest absolute Gasteiger partial charge is 0.223 e. The first kappa shape index (κ1) is 13.0. The van der Waals surface area contributed by atoms with Gasteiger partial charge < -0.3 is 4.90 Å². The second-order valence-corrected chi connectivity index (χ2v) is 4.63.